The fourth-order valence-electron chi connectivity index (χ4n) is 2.37. The molecule has 0 unspecified atom stereocenters. The van der Waals surface area contributed by atoms with E-state index in [9.17, 15) is 9.59 Å². The lowest BCUT2D eigenvalue weighted by Crippen LogP contribution is -2.28. The molecule has 0 saturated heterocycles. The summed E-state index contributed by atoms with van der Waals surface area (Å²) in [6, 6.07) is 17.2. The fraction of sp³-hybridized carbons (Fsp3) is 0.333. The summed E-state index contributed by atoms with van der Waals surface area (Å²) in [5.74, 6) is 0.521. The molecule has 0 aliphatic rings. The summed E-state index contributed by atoms with van der Waals surface area (Å²) in [6.07, 6.45) is 1.96. The van der Waals surface area contributed by atoms with Gasteiger partial charge in [-0.05, 0) is 31.0 Å². The lowest BCUT2D eigenvalue weighted by atomic mass is 10.1. The van der Waals surface area contributed by atoms with Gasteiger partial charge in [0, 0.05) is 12.3 Å². The second-order valence-electron chi connectivity index (χ2n) is 6.08. The van der Waals surface area contributed by atoms with Gasteiger partial charge in [0.1, 0.15) is 0 Å². The maximum absolute atomic E-state index is 12.5. The van der Waals surface area contributed by atoms with E-state index in [0.717, 1.165) is 18.6 Å². The van der Waals surface area contributed by atoms with Crippen LogP contribution in [0.4, 0.5) is 5.69 Å². The number of para-hydroxylation sites is 1. The van der Waals surface area contributed by atoms with Crippen molar-refractivity contribution < 1.29 is 9.59 Å². The van der Waals surface area contributed by atoms with Gasteiger partial charge >= 0.3 is 0 Å². The molecule has 4 nitrogen and oxygen atoms in total. The van der Waals surface area contributed by atoms with E-state index >= 15 is 0 Å². The van der Waals surface area contributed by atoms with Crippen LogP contribution in [0.2, 0.25) is 0 Å². The van der Waals surface area contributed by atoms with E-state index in [1.165, 1.54) is 5.56 Å². The van der Waals surface area contributed by atoms with E-state index in [0.29, 0.717) is 17.8 Å². The molecule has 0 aliphatic carbocycles. The largest absolute Gasteiger partial charge is 0.352 e. The van der Waals surface area contributed by atoms with Crippen molar-refractivity contribution in [2.75, 3.05) is 11.9 Å². The van der Waals surface area contributed by atoms with E-state index in [1.807, 2.05) is 43.3 Å². The molecule has 0 aliphatic heterocycles. The lowest BCUT2D eigenvalue weighted by molar-refractivity contribution is -0.115. The number of amides is 2. The van der Waals surface area contributed by atoms with E-state index < -0.39 is 0 Å². The molecule has 138 valence electrons. The first kappa shape index (κ1) is 20.0. The Morgan fingerprint density at radius 3 is 2.46 bits per heavy atom. The van der Waals surface area contributed by atoms with Crippen molar-refractivity contribution >= 4 is 29.3 Å². The smallest absolute Gasteiger partial charge is 0.253 e. The molecule has 26 heavy (non-hydrogen) atoms. The van der Waals surface area contributed by atoms with Gasteiger partial charge < -0.3 is 10.6 Å². The van der Waals surface area contributed by atoms with Crippen molar-refractivity contribution in [1.82, 2.24) is 5.32 Å². The number of hydrogen-bond donors (Lipinski definition) is 2. The van der Waals surface area contributed by atoms with E-state index in [2.05, 4.69) is 17.6 Å². The average molecular weight is 371 g/mol. The molecule has 2 aromatic rings. The molecule has 0 saturated carbocycles. The number of thioether (sulfide) groups is 1. The fourth-order valence-corrected chi connectivity index (χ4v) is 3.21. The van der Waals surface area contributed by atoms with Gasteiger partial charge in [-0.25, -0.2) is 0 Å². The SMILES string of the molecule is CCCCNC(=O)c1ccccc1NC(=O)[C@@H](C)SCc1ccccc1. The first-order valence-electron chi connectivity index (χ1n) is 8.95. The summed E-state index contributed by atoms with van der Waals surface area (Å²) >= 11 is 1.58. The van der Waals surface area contributed by atoms with Crippen LogP contribution in [0, 0.1) is 0 Å². The molecule has 0 bridgehead atoms. The molecule has 0 fully saturated rings. The van der Waals surface area contributed by atoms with Crippen molar-refractivity contribution in [3.8, 4) is 0 Å². The normalized spacial score (nSPS) is 11.6. The molecule has 2 amide bonds. The lowest BCUT2D eigenvalue weighted by Gasteiger charge is -2.15. The number of unbranched alkanes of at least 4 members (excludes halogenated alkanes) is 1. The minimum Gasteiger partial charge on any atom is -0.352 e. The van der Waals surface area contributed by atoms with E-state index in [1.54, 1.807) is 30.0 Å². The van der Waals surface area contributed by atoms with Gasteiger partial charge in [0.25, 0.3) is 5.91 Å². The Balaban J connectivity index is 1.94. The van der Waals surface area contributed by atoms with Crippen LogP contribution in [-0.2, 0) is 10.5 Å². The van der Waals surface area contributed by atoms with E-state index in [4.69, 9.17) is 0 Å². The Labute approximate surface area is 159 Å². The second-order valence-corrected chi connectivity index (χ2v) is 7.41. The Morgan fingerprint density at radius 1 is 1.04 bits per heavy atom. The number of anilines is 1. The van der Waals surface area contributed by atoms with Crippen molar-refractivity contribution in [2.45, 2.75) is 37.7 Å². The predicted molar refractivity (Wildman–Crippen MR) is 110 cm³/mol. The molecule has 1 atom stereocenters. The van der Waals surface area contributed by atoms with Gasteiger partial charge in [-0.15, -0.1) is 11.8 Å². The zero-order chi connectivity index (χ0) is 18.8. The van der Waals surface area contributed by atoms with Gasteiger partial charge in [-0.1, -0.05) is 55.8 Å². The maximum atomic E-state index is 12.5. The highest BCUT2D eigenvalue weighted by atomic mass is 32.2. The first-order valence-corrected chi connectivity index (χ1v) is 10.00. The topological polar surface area (TPSA) is 58.2 Å². The Kier molecular flexibility index (Phi) is 8.22. The second kappa shape index (κ2) is 10.7. The van der Waals surface area contributed by atoms with Crippen molar-refractivity contribution in [2.24, 2.45) is 0 Å². The van der Waals surface area contributed by atoms with Crippen LogP contribution < -0.4 is 10.6 Å². The third-order valence-electron chi connectivity index (χ3n) is 3.96. The van der Waals surface area contributed by atoms with Crippen LogP contribution in [0.25, 0.3) is 0 Å². The molecule has 0 radical (unpaired) electrons. The third-order valence-corrected chi connectivity index (χ3v) is 5.17. The molecular weight excluding hydrogens is 344 g/mol. The number of carbonyl (C=O) groups is 2. The third kappa shape index (κ3) is 6.23. The zero-order valence-corrected chi connectivity index (χ0v) is 16.1. The molecule has 2 rings (SSSR count). The molecular formula is C21H26N2O2S. The molecule has 0 heterocycles. The highest BCUT2D eigenvalue weighted by Gasteiger charge is 2.17. The number of nitrogens with one attached hydrogen (secondary N) is 2. The summed E-state index contributed by atoms with van der Waals surface area (Å²) in [6.45, 7) is 4.60. The quantitative estimate of drug-likeness (QED) is 0.640. The monoisotopic (exact) mass is 370 g/mol. The van der Waals surface area contributed by atoms with Crippen molar-refractivity contribution in [3.05, 3.63) is 65.7 Å². The zero-order valence-electron chi connectivity index (χ0n) is 15.3. The van der Waals surface area contributed by atoms with Gasteiger partial charge in [-0.2, -0.15) is 0 Å². The number of rotatable bonds is 9. The average Bonchev–Trinajstić information content (AvgIpc) is 2.67. The minimum absolute atomic E-state index is 0.0975. The highest BCUT2D eigenvalue weighted by molar-refractivity contribution is 7.99. The van der Waals surface area contributed by atoms with Crippen molar-refractivity contribution in [1.29, 1.82) is 0 Å². The van der Waals surface area contributed by atoms with Gasteiger partial charge in [0.15, 0.2) is 0 Å². The molecule has 0 aromatic heterocycles. The van der Waals surface area contributed by atoms with Gasteiger partial charge in [-0.3, -0.25) is 9.59 Å². The molecule has 2 N–H and O–H groups in total. The molecule has 2 aromatic carbocycles. The summed E-state index contributed by atoms with van der Waals surface area (Å²) < 4.78 is 0. The number of benzene rings is 2. The van der Waals surface area contributed by atoms with Crippen LogP contribution in [-0.4, -0.2) is 23.6 Å². The van der Waals surface area contributed by atoms with Crippen LogP contribution in [0.15, 0.2) is 54.6 Å². The summed E-state index contributed by atoms with van der Waals surface area (Å²) in [4.78, 5) is 24.8. The van der Waals surface area contributed by atoms with Crippen LogP contribution in [0.3, 0.4) is 0 Å². The summed E-state index contributed by atoms with van der Waals surface area (Å²) in [7, 11) is 0. The Bertz CT molecular complexity index is 719. The minimum atomic E-state index is -0.216. The number of hydrogen-bond acceptors (Lipinski definition) is 3. The summed E-state index contributed by atoms with van der Waals surface area (Å²) in [5.41, 5.74) is 2.24. The summed E-state index contributed by atoms with van der Waals surface area (Å²) in [5, 5.41) is 5.57. The molecule has 5 heteroatoms. The van der Waals surface area contributed by atoms with Gasteiger partial charge in [0.05, 0.1) is 16.5 Å². The maximum Gasteiger partial charge on any atom is 0.253 e. The van der Waals surface area contributed by atoms with Gasteiger partial charge in [0.2, 0.25) is 5.91 Å². The molecule has 0 spiro atoms. The highest BCUT2D eigenvalue weighted by Crippen LogP contribution is 2.21. The standard InChI is InChI=1S/C21H26N2O2S/c1-3-4-14-22-21(25)18-12-8-9-13-19(18)23-20(24)16(2)26-15-17-10-6-5-7-11-17/h5-13,16H,3-4,14-15H2,1-2H3,(H,22,25)(H,23,24)/t16-/m1/s1. The first-order chi connectivity index (χ1) is 12.6. The Morgan fingerprint density at radius 2 is 1.73 bits per heavy atom. The van der Waals surface area contributed by atoms with E-state index in [-0.39, 0.29) is 17.1 Å². The van der Waals surface area contributed by atoms with Crippen LogP contribution >= 0.6 is 11.8 Å². The predicted octanol–water partition coefficient (Wildman–Crippen LogP) is 4.48. The number of carbonyl (C=O) groups excluding carboxylic acids is 2. The van der Waals surface area contributed by atoms with Crippen LogP contribution in [0.5, 0.6) is 0 Å². The van der Waals surface area contributed by atoms with Crippen molar-refractivity contribution in [3.63, 3.8) is 0 Å². The Hall–Kier alpha value is -2.27. The van der Waals surface area contributed by atoms with Crippen LogP contribution in [0.1, 0.15) is 42.6 Å².